The van der Waals surface area contributed by atoms with Gasteiger partial charge in [0.05, 0.1) is 10.6 Å². The highest BCUT2D eigenvalue weighted by Crippen LogP contribution is 2.27. The van der Waals surface area contributed by atoms with Gasteiger partial charge in [-0.05, 0) is 70.9 Å². The summed E-state index contributed by atoms with van der Waals surface area (Å²) in [6, 6.07) is 18.2. The third-order valence-electron chi connectivity index (χ3n) is 6.37. The monoisotopic (exact) mass is 567 g/mol. The van der Waals surface area contributed by atoms with Gasteiger partial charge in [-0.3, -0.25) is 13.9 Å². The molecule has 0 aliphatic rings. The van der Waals surface area contributed by atoms with Gasteiger partial charge < -0.3 is 10.2 Å². The number of anilines is 1. The number of nitrogens with one attached hydrogen (secondary N) is 1. The molecule has 7 nitrogen and oxygen atoms in total. The number of amides is 2. The number of benzene rings is 3. The Morgan fingerprint density at radius 2 is 1.45 bits per heavy atom. The van der Waals surface area contributed by atoms with E-state index < -0.39 is 39.9 Å². The summed E-state index contributed by atoms with van der Waals surface area (Å²) in [5.41, 5.74) is 1.87. The number of sulfonamides is 1. The summed E-state index contributed by atoms with van der Waals surface area (Å²) in [4.78, 5) is 28.7. The van der Waals surface area contributed by atoms with E-state index in [-0.39, 0.29) is 23.0 Å². The van der Waals surface area contributed by atoms with E-state index in [1.54, 1.807) is 19.1 Å². The first kappa shape index (κ1) is 30.8. The Kier molecular flexibility index (Phi) is 9.73. The van der Waals surface area contributed by atoms with Gasteiger partial charge in [0.15, 0.2) is 0 Å². The van der Waals surface area contributed by atoms with Crippen molar-refractivity contribution in [2.45, 2.75) is 71.0 Å². The van der Waals surface area contributed by atoms with Crippen molar-refractivity contribution in [1.82, 2.24) is 10.2 Å². The van der Waals surface area contributed by atoms with E-state index in [1.807, 2.05) is 58.9 Å². The number of hydrogen-bond donors (Lipinski definition) is 1. The third-order valence-corrected chi connectivity index (χ3v) is 8.14. The molecule has 0 heterocycles. The summed E-state index contributed by atoms with van der Waals surface area (Å²) in [5, 5.41) is 2.93. The minimum atomic E-state index is -4.34. The van der Waals surface area contributed by atoms with Crippen molar-refractivity contribution in [2.24, 2.45) is 0 Å². The lowest BCUT2D eigenvalue weighted by Crippen LogP contribution is -2.55. The first-order valence-corrected chi connectivity index (χ1v) is 14.7. The molecule has 0 aliphatic heterocycles. The first-order valence-electron chi connectivity index (χ1n) is 13.2. The second-order valence-electron chi connectivity index (χ2n) is 10.9. The second-order valence-corrected chi connectivity index (χ2v) is 12.8. The maximum Gasteiger partial charge on any atom is 0.264 e. The fourth-order valence-corrected chi connectivity index (χ4v) is 5.69. The lowest BCUT2D eigenvalue weighted by atomic mass is 10.1. The second kappa shape index (κ2) is 12.6. The Labute approximate surface area is 237 Å². The van der Waals surface area contributed by atoms with Crippen LogP contribution in [-0.4, -0.2) is 43.3 Å². The Bertz CT molecular complexity index is 1430. The highest BCUT2D eigenvalue weighted by atomic mass is 32.2. The molecule has 0 unspecified atom stereocenters. The van der Waals surface area contributed by atoms with Crippen LogP contribution in [0, 0.1) is 19.7 Å². The number of para-hydroxylation sites is 1. The maximum absolute atomic E-state index is 15.0. The fraction of sp³-hybridized carbons (Fsp3) is 0.355. The molecule has 0 spiro atoms. The molecule has 214 valence electrons. The zero-order chi connectivity index (χ0) is 29.7. The van der Waals surface area contributed by atoms with E-state index in [2.05, 4.69) is 5.32 Å². The molecule has 0 aromatic heterocycles. The number of carbonyl (C=O) groups excluding carboxylic acids is 2. The van der Waals surface area contributed by atoms with E-state index in [9.17, 15) is 18.0 Å². The number of rotatable bonds is 10. The summed E-state index contributed by atoms with van der Waals surface area (Å²) in [6.07, 6.45) is 0.296. The minimum Gasteiger partial charge on any atom is -0.350 e. The molecule has 0 fully saturated rings. The van der Waals surface area contributed by atoms with Crippen LogP contribution in [0.1, 0.15) is 50.8 Å². The summed E-state index contributed by atoms with van der Waals surface area (Å²) < 4.78 is 43.5. The number of nitrogens with zero attached hydrogens (tertiary/aromatic N) is 2. The standard InChI is InChI=1S/C31H38FN3O4S/c1-7-27(30(37)33-31(4,5)6)34(20-24-16-12-22(2)13-17-24)29(36)21-35(28-11-9-8-10-26(28)32)40(38,39)25-18-14-23(3)15-19-25/h8-19,27H,7,20-21H2,1-6H3,(H,33,37)/t27-/m0/s1. The molecule has 40 heavy (non-hydrogen) atoms. The summed E-state index contributed by atoms with van der Waals surface area (Å²) in [7, 11) is -4.34. The average Bonchev–Trinajstić information content (AvgIpc) is 2.88. The highest BCUT2D eigenvalue weighted by Gasteiger charge is 2.35. The van der Waals surface area contributed by atoms with E-state index in [1.165, 1.54) is 35.2 Å². The Balaban J connectivity index is 2.08. The Morgan fingerprint density at radius 1 is 0.900 bits per heavy atom. The molecule has 9 heteroatoms. The molecule has 0 saturated carbocycles. The van der Waals surface area contributed by atoms with Crippen LogP contribution < -0.4 is 9.62 Å². The van der Waals surface area contributed by atoms with Gasteiger partial charge in [0.2, 0.25) is 11.8 Å². The maximum atomic E-state index is 15.0. The molecular formula is C31H38FN3O4S. The molecule has 0 aliphatic carbocycles. The quantitative estimate of drug-likeness (QED) is 0.357. The van der Waals surface area contributed by atoms with Crippen molar-refractivity contribution in [2.75, 3.05) is 10.8 Å². The molecular weight excluding hydrogens is 529 g/mol. The van der Waals surface area contributed by atoms with Crippen molar-refractivity contribution in [1.29, 1.82) is 0 Å². The van der Waals surface area contributed by atoms with Crippen molar-refractivity contribution >= 4 is 27.5 Å². The van der Waals surface area contributed by atoms with Crippen LogP contribution in [0.25, 0.3) is 0 Å². The third kappa shape index (κ3) is 7.69. The van der Waals surface area contributed by atoms with Gasteiger partial charge in [-0.25, -0.2) is 12.8 Å². The van der Waals surface area contributed by atoms with Gasteiger partial charge in [-0.15, -0.1) is 0 Å². The van der Waals surface area contributed by atoms with Gasteiger partial charge in [-0.2, -0.15) is 0 Å². The van der Waals surface area contributed by atoms with E-state index in [4.69, 9.17) is 0 Å². The van der Waals surface area contributed by atoms with Crippen LogP contribution in [0.2, 0.25) is 0 Å². The average molecular weight is 568 g/mol. The summed E-state index contributed by atoms with van der Waals surface area (Å²) >= 11 is 0. The molecule has 0 radical (unpaired) electrons. The predicted molar refractivity (Wildman–Crippen MR) is 156 cm³/mol. The summed E-state index contributed by atoms with van der Waals surface area (Å²) in [6.45, 7) is 10.5. The van der Waals surface area contributed by atoms with Crippen LogP contribution in [0.5, 0.6) is 0 Å². The van der Waals surface area contributed by atoms with Crippen LogP contribution in [0.4, 0.5) is 10.1 Å². The van der Waals surface area contributed by atoms with Crippen LogP contribution in [0.3, 0.4) is 0 Å². The van der Waals surface area contributed by atoms with Gasteiger partial charge in [0.25, 0.3) is 10.0 Å². The minimum absolute atomic E-state index is 0.0724. The molecule has 1 N–H and O–H groups in total. The topological polar surface area (TPSA) is 86.8 Å². The van der Waals surface area contributed by atoms with E-state index in [0.717, 1.165) is 27.1 Å². The smallest absolute Gasteiger partial charge is 0.264 e. The van der Waals surface area contributed by atoms with Crippen molar-refractivity contribution in [3.8, 4) is 0 Å². The van der Waals surface area contributed by atoms with Crippen LogP contribution in [-0.2, 0) is 26.2 Å². The normalized spacial score (nSPS) is 12.5. The SMILES string of the molecule is CC[C@@H](C(=O)NC(C)(C)C)N(Cc1ccc(C)cc1)C(=O)CN(c1ccccc1F)S(=O)(=O)c1ccc(C)cc1. The number of carbonyl (C=O) groups is 2. The van der Waals surface area contributed by atoms with Crippen molar-refractivity contribution in [3.05, 3.63) is 95.3 Å². The van der Waals surface area contributed by atoms with Crippen molar-refractivity contribution < 1.29 is 22.4 Å². The van der Waals surface area contributed by atoms with Gasteiger partial charge >= 0.3 is 0 Å². The van der Waals surface area contributed by atoms with E-state index >= 15 is 4.39 Å². The van der Waals surface area contributed by atoms with Crippen LogP contribution in [0.15, 0.2) is 77.7 Å². The van der Waals surface area contributed by atoms with Gasteiger partial charge in [0, 0.05) is 12.1 Å². The molecule has 3 rings (SSSR count). The van der Waals surface area contributed by atoms with E-state index in [0.29, 0.717) is 6.42 Å². The van der Waals surface area contributed by atoms with Gasteiger partial charge in [0.1, 0.15) is 18.4 Å². The number of hydrogen-bond acceptors (Lipinski definition) is 4. The first-order chi connectivity index (χ1) is 18.7. The molecule has 3 aromatic rings. The molecule has 1 atom stereocenters. The highest BCUT2D eigenvalue weighted by molar-refractivity contribution is 7.92. The number of aryl methyl sites for hydroxylation is 2. The molecule has 3 aromatic carbocycles. The predicted octanol–water partition coefficient (Wildman–Crippen LogP) is 5.36. The Morgan fingerprint density at radius 3 is 1.98 bits per heavy atom. The lowest BCUT2D eigenvalue weighted by molar-refractivity contribution is -0.141. The molecule has 2 amide bonds. The molecule has 0 bridgehead atoms. The van der Waals surface area contributed by atoms with Crippen LogP contribution >= 0.6 is 0 Å². The fourth-order valence-electron chi connectivity index (χ4n) is 4.27. The zero-order valence-corrected chi connectivity index (χ0v) is 24.8. The van der Waals surface area contributed by atoms with Gasteiger partial charge in [-0.1, -0.05) is 66.6 Å². The van der Waals surface area contributed by atoms with Crippen molar-refractivity contribution in [3.63, 3.8) is 0 Å². The zero-order valence-electron chi connectivity index (χ0n) is 23.9. The Hall–Kier alpha value is -3.72. The summed E-state index contributed by atoms with van der Waals surface area (Å²) in [5.74, 6) is -1.77. The number of halogens is 1. The lowest BCUT2D eigenvalue weighted by Gasteiger charge is -2.34. The molecule has 0 saturated heterocycles. The largest absolute Gasteiger partial charge is 0.350 e.